The largest absolute Gasteiger partial charge is 0.224 e. The van der Waals surface area contributed by atoms with Crippen LogP contribution in [0.15, 0.2) is 23.9 Å². The van der Waals surface area contributed by atoms with E-state index in [2.05, 4.69) is 15.3 Å². The SMILES string of the molecule is O=Nn1ccc2c(Cl)ncnc21. The molecule has 5 nitrogen and oxygen atoms in total. The lowest BCUT2D eigenvalue weighted by atomic mass is 10.4. The highest BCUT2D eigenvalue weighted by Crippen LogP contribution is 2.19. The van der Waals surface area contributed by atoms with E-state index in [1.54, 1.807) is 6.07 Å². The Morgan fingerprint density at radius 3 is 3.08 bits per heavy atom. The first-order valence-electron chi connectivity index (χ1n) is 3.14. The highest BCUT2D eigenvalue weighted by atomic mass is 35.5. The Kier molecular flexibility index (Phi) is 1.51. The average Bonchev–Trinajstić information content (AvgIpc) is 2.49. The Balaban J connectivity index is 2.88. The van der Waals surface area contributed by atoms with Crippen LogP contribution >= 0.6 is 11.6 Å². The van der Waals surface area contributed by atoms with Gasteiger partial charge in [-0.1, -0.05) is 11.6 Å². The molecule has 60 valence electrons. The monoisotopic (exact) mass is 182 g/mol. The van der Waals surface area contributed by atoms with Crippen LogP contribution in [0.1, 0.15) is 0 Å². The molecule has 12 heavy (non-hydrogen) atoms. The van der Waals surface area contributed by atoms with Crippen LogP contribution in [0.4, 0.5) is 0 Å². The molecule has 0 aromatic carbocycles. The van der Waals surface area contributed by atoms with E-state index in [0.717, 1.165) is 4.68 Å². The molecule has 0 N–H and O–H groups in total. The molecule has 0 aliphatic rings. The van der Waals surface area contributed by atoms with Gasteiger partial charge in [-0.15, -0.1) is 4.91 Å². The highest BCUT2D eigenvalue weighted by Gasteiger charge is 2.05. The maximum absolute atomic E-state index is 10.2. The van der Waals surface area contributed by atoms with E-state index in [0.29, 0.717) is 16.2 Å². The maximum Gasteiger partial charge on any atom is 0.168 e. The quantitative estimate of drug-likeness (QED) is 0.497. The van der Waals surface area contributed by atoms with Gasteiger partial charge in [-0.3, -0.25) is 0 Å². The summed E-state index contributed by atoms with van der Waals surface area (Å²) in [6.07, 6.45) is 2.77. The Hall–Kier alpha value is -1.49. The Morgan fingerprint density at radius 2 is 2.33 bits per heavy atom. The van der Waals surface area contributed by atoms with Gasteiger partial charge < -0.3 is 0 Å². The predicted molar refractivity (Wildman–Crippen MR) is 43.7 cm³/mol. The van der Waals surface area contributed by atoms with Crippen LogP contribution in [-0.2, 0) is 0 Å². The van der Waals surface area contributed by atoms with E-state index in [4.69, 9.17) is 11.6 Å². The van der Waals surface area contributed by atoms with E-state index >= 15 is 0 Å². The fraction of sp³-hybridized carbons (Fsp3) is 0. The molecule has 0 amide bonds. The van der Waals surface area contributed by atoms with Crippen LogP contribution in [-0.4, -0.2) is 14.6 Å². The van der Waals surface area contributed by atoms with Crippen molar-refractivity contribution in [1.29, 1.82) is 0 Å². The fourth-order valence-corrected chi connectivity index (χ4v) is 1.16. The molecule has 0 radical (unpaired) electrons. The number of fused-ring (bicyclic) bond motifs is 1. The summed E-state index contributed by atoms with van der Waals surface area (Å²) < 4.78 is 1.10. The van der Waals surface area contributed by atoms with Gasteiger partial charge in [0, 0.05) is 6.20 Å². The molecule has 2 rings (SSSR count). The Labute approximate surface area is 71.9 Å². The van der Waals surface area contributed by atoms with Gasteiger partial charge in [0.05, 0.1) is 10.7 Å². The molecule has 2 aromatic heterocycles. The molecule has 2 aromatic rings. The second-order valence-electron chi connectivity index (χ2n) is 2.14. The van der Waals surface area contributed by atoms with Gasteiger partial charge in [-0.25, -0.2) is 9.97 Å². The molecule has 0 saturated carbocycles. The second kappa shape index (κ2) is 2.53. The van der Waals surface area contributed by atoms with Crippen LogP contribution in [0.3, 0.4) is 0 Å². The lowest BCUT2D eigenvalue weighted by Gasteiger charge is -1.91. The Bertz CT molecular complexity index is 438. The molecule has 0 bridgehead atoms. The molecule has 6 heteroatoms. The fourth-order valence-electron chi connectivity index (χ4n) is 0.973. The van der Waals surface area contributed by atoms with E-state index in [-0.39, 0.29) is 0 Å². The number of rotatable bonds is 1. The first kappa shape index (κ1) is 7.17. The topological polar surface area (TPSA) is 60.1 Å². The molecule has 2 heterocycles. The summed E-state index contributed by atoms with van der Waals surface area (Å²) in [6.45, 7) is 0. The van der Waals surface area contributed by atoms with Crippen LogP contribution < -0.4 is 0 Å². The molecule has 0 atom stereocenters. The van der Waals surface area contributed by atoms with Crippen molar-refractivity contribution in [1.82, 2.24) is 14.6 Å². The van der Waals surface area contributed by atoms with Crippen molar-refractivity contribution in [3.8, 4) is 0 Å². The second-order valence-corrected chi connectivity index (χ2v) is 2.50. The standard InChI is InChI=1S/C6H3ClN4O/c7-5-4-1-2-11(10-12)6(4)9-3-8-5/h1-3H. The van der Waals surface area contributed by atoms with Crippen LogP contribution in [0.2, 0.25) is 5.15 Å². The molecule has 0 aliphatic carbocycles. The zero-order chi connectivity index (χ0) is 8.55. The highest BCUT2D eigenvalue weighted by molar-refractivity contribution is 6.33. The third-order valence-corrected chi connectivity index (χ3v) is 1.80. The van der Waals surface area contributed by atoms with Crippen LogP contribution in [0.5, 0.6) is 0 Å². The summed E-state index contributed by atoms with van der Waals surface area (Å²) in [5.74, 6) is 0. The summed E-state index contributed by atoms with van der Waals surface area (Å²) in [6, 6.07) is 1.64. The normalized spacial score (nSPS) is 10.4. The number of halogens is 1. The van der Waals surface area contributed by atoms with Gasteiger partial charge in [-0.2, -0.15) is 4.68 Å². The molecular weight excluding hydrogens is 180 g/mol. The molecule has 0 spiro atoms. The molecule has 0 aliphatic heterocycles. The molecule has 0 unspecified atom stereocenters. The van der Waals surface area contributed by atoms with Crippen molar-refractivity contribution in [2.45, 2.75) is 0 Å². The zero-order valence-electron chi connectivity index (χ0n) is 5.81. The summed E-state index contributed by atoms with van der Waals surface area (Å²) in [5.41, 5.74) is 0.421. The average molecular weight is 183 g/mol. The van der Waals surface area contributed by atoms with Gasteiger partial charge in [0.1, 0.15) is 11.5 Å². The lowest BCUT2D eigenvalue weighted by molar-refractivity contribution is 0.894. The van der Waals surface area contributed by atoms with Crippen molar-refractivity contribution in [3.05, 3.63) is 28.7 Å². The van der Waals surface area contributed by atoms with Crippen molar-refractivity contribution in [2.75, 3.05) is 0 Å². The number of nitrogens with zero attached hydrogens (tertiary/aromatic N) is 4. The smallest absolute Gasteiger partial charge is 0.168 e. The number of nitroso groups, excluding NO2 is 1. The van der Waals surface area contributed by atoms with Crippen molar-refractivity contribution in [3.63, 3.8) is 0 Å². The number of hydrogen-bond donors (Lipinski definition) is 0. The van der Waals surface area contributed by atoms with E-state index in [1.807, 2.05) is 0 Å². The molecule has 0 fully saturated rings. The molecular formula is C6H3ClN4O. The van der Waals surface area contributed by atoms with Gasteiger partial charge in [0.15, 0.2) is 5.65 Å². The maximum atomic E-state index is 10.2. The summed E-state index contributed by atoms with van der Waals surface area (Å²) >= 11 is 5.72. The minimum absolute atomic E-state index is 0.322. The number of aromatic nitrogens is 3. The third-order valence-electron chi connectivity index (χ3n) is 1.50. The van der Waals surface area contributed by atoms with Crippen molar-refractivity contribution >= 4 is 22.6 Å². The van der Waals surface area contributed by atoms with E-state index in [9.17, 15) is 4.91 Å². The summed E-state index contributed by atoms with van der Waals surface area (Å²) in [4.78, 5) is 17.8. The number of hydrogen-bond acceptors (Lipinski definition) is 4. The third kappa shape index (κ3) is 0.868. The Morgan fingerprint density at radius 1 is 1.50 bits per heavy atom. The lowest BCUT2D eigenvalue weighted by Crippen LogP contribution is -1.87. The van der Waals surface area contributed by atoms with E-state index < -0.39 is 0 Å². The van der Waals surface area contributed by atoms with Crippen LogP contribution in [0, 0.1) is 4.91 Å². The van der Waals surface area contributed by atoms with Gasteiger partial charge >= 0.3 is 0 Å². The first-order valence-corrected chi connectivity index (χ1v) is 3.52. The van der Waals surface area contributed by atoms with Crippen LogP contribution in [0.25, 0.3) is 11.0 Å². The zero-order valence-corrected chi connectivity index (χ0v) is 6.56. The van der Waals surface area contributed by atoms with Crippen molar-refractivity contribution < 1.29 is 0 Å². The van der Waals surface area contributed by atoms with Gasteiger partial charge in [0.25, 0.3) is 0 Å². The van der Waals surface area contributed by atoms with Gasteiger partial charge in [-0.05, 0) is 6.07 Å². The van der Waals surface area contributed by atoms with Gasteiger partial charge in [0.2, 0.25) is 0 Å². The minimum Gasteiger partial charge on any atom is -0.224 e. The van der Waals surface area contributed by atoms with E-state index in [1.165, 1.54) is 12.5 Å². The molecule has 0 saturated heterocycles. The first-order chi connectivity index (χ1) is 5.83. The summed E-state index contributed by atoms with van der Waals surface area (Å²) in [7, 11) is 0. The van der Waals surface area contributed by atoms with Crippen molar-refractivity contribution in [2.24, 2.45) is 5.29 Å². The predicted octanol–water partition coefficient (Wildman–Crippen LogP) is 1.61. The minimum atomic E-state index is 0.322. The summed E-state index contributed by atoms with van der Waals surface area (Å²) in [5, 5.41) is 3.66.